The summed E-state index contributed by atoms with van der Waals surface area (Å²) in [6, 6.07) is 22.1. The summed E-state index contributed by atoms with van der Waals surface area (Å²) in [5, 5.41) is 1.01. The standard InChI is InChI=1S/C22H15N4.Ir/c1-13-11-17-20(12-14(13)2)25-18-9-5-3-7-15(18)21-23-16-8-4-6-10-19(16)26(21)22(25)24-17;/h3-6,8-12H,1-2H3;/q-1;. The summed E-state index contributed by atoms with van der Waals surface area (Å²) in [6.07, 6.45) is 0. The molecule has 0 saturated heterocycles. The van der Waals surface area contributed by atoms with Crippen molar-refractivity contribution in [3.05, 3.63) is 71.8 Å². The van der Waals surface area contributed by atoms with Gasteiger partial charge in [0.25, 0.3) is 0 Å². The molecule has 0 saturated carbocycles. The van der Waals surface area contributed by atoms with Gasteiger partial charge in [-0.05, 0) is 54.8 Å². The average Bonchev–Trinajstić information content (AvgIpc) is 3.21. The van der Waals surface area contributed by atoms with Crippen molar-refractivity contribution in [1.29, 1.82) is 0 Å². The summed E-state index contributed by atoms with van der Waals surface area (Å²) in [4.78, 5) is 9.87. The van der Waals surface area contributed by atoms with Gasteiger partial charge < -0.3 is 8.80 Å². The molecule has 0 atom stereocenters. The molecule has 0 spiro atoms. The maximum atomic E-state index is 4.99. The van der Waals surface area contributed by atoms with Crippen molar-refractivity contribution in [3.8, 4) is 0 Å². The smallest absolute Gasteiger partial charge is 0.204 e. The molecule has 1 radical (unpaired) electrons. The van der Waals surface area contributed by atoms with Gasteiger partial charge in [0, 0.05) is 20.1 Å². The Morgan fingerprint density at radius 2 is 1.56 bits per heavy atom. The molecule has 3 aromatic carbocycles. The van der Waals surface area contributed by atoms with Gasteiger partial charge in [-0.3, -0.25) is 4.98 Å². The van der Waals surface area contributed by atoms with Gasteiger partial charge in [0.05, 0.1) is 27.7 Å². The number of benzene rings is 3. The predicted octanol–water partition coefficient (Wildman–Crippen LogP) is 4.86. The van der Waals surface area contributed by atoms with Crippen LogP contribution in [0.1, 0.15) is 11.1 Å². The molecule has 5 heteroatoms. The van der Waals surface area contributed by atoms with E-state index in [-0.39, 0.29) is 20.1 Å². The Bertz CT molecular complexity index is 1510. The number of hydrogen-bond donors (Lipinski definition) is 0. The number of fused-ring (bicyclic) bond motifs is 10. The summed E-state index contributed by atoms with van der Waals surface area (Å²) in [5.41, 5.74) is 8.66. The van der Waals surface area contributed by atoms with E-state index in [1.165, 1.54) is 11.1 Å². The second-order valence-electron chi connectivity index (χ2n) is 6.86. The number of nitrogens with zero attached hydrogens (tertiary/aromatic N) is 4. The molecule has 6 aromatic rings. The molecule has 0 N–H and O–H groups in total. The molecule has 6 rings (SSSR count). The number of rotatable bonds is 0. The van der Waals surface area contributed by atoms with Crippen molar-refractivity contribution in [2.75, 3.05) is 0 Å². The van der Waals surface area contributed by atoms with Gasteiger partial charge in [0.1, 0.15) is 0 Å². The van der Waals surface area contributed by atoms with E-state index in [4.69, 9.17) is 9.97 Å². The molecule has 0 unspecified atom stereocenters. The molecule has 0 aliphatic carbocycles. The van der Waals surface area contributed by atoms with Gasteiger partial charge >= 0.3 is 0 Å². The predicted molar refractivity (Wildman–Crippen MR) is 105 cm³/mol. The van der Waals surface area contributed by atoms with Crippen molar-refractivity contribution >= 4 is 44.4 Å². The molecular formula is C22H15IrN4-. The first-order valence-electron chi connectivity index (χ1n) is 8.71. The van der Waals surface area contributed by atoms with Crippen LogP contribution >= 0.6 is 0 Å². The molecule has 0 aliphatic heterocycles. The van der Waals surface area contributed by atoms with Crippen LogP contribution in [0.25, 0.3) is 44.4 Å². The maximum absolute atomic E-state index is 4.99. The molecule has 3 aromatic heterocycles. The van der Waals surface area contributed by atoms with Crippen LogP contribution in [-0.4, -0.2) is 18.8 Å². The minimum atomic E-state index is 0. The number of aromatic nitrogens is 4. The van der Waals surface area contributed by atoms with E-state index in [9.17, 15) is 0 Å². The first kappa shape index (κ1) is 16.4. The largest absolute Gasteiger partial charge is 0.320 e. The Kier molecular flexibility index (Phi) is 3.42. The Morgan fingerprint density at radius 1 is 0.778 bits per heavy atom. The molecule has 133 valence electrons. The molecule has 27 heavy (non-hydrogen) atoms. The van der Waals surface area contributed by atoms with Crippen molar-refractivity contribution in [2.45, 2.75) is 13.8 Å². The Labute approximate surface area is 168 Å². The second-order valence-corrected chi connectivity index (χ2v) is 6.86. The minimum Gasteiger partial charge on any atom is -0.320 e. The number of imidazole rings is 2. The maximum Gasteiger partial charge on any atom is 0.204 e. The minimum absolute atomic E-state index is 0. The SMILES string of the molecule is Cc1cc2nc3n(c2cc1C)c1ccc[c-]c1c1nc2ccccc2n13.[Ir]. The second kappa shape index (κ2) is 5.62. The summed E-state index contributed by atoms with van der Waals surface area (Å²) < 4.78 is 4.38. The quantitative estimate of drug-likeness (QED) is 0.265. The van der Waals surface area contributed by atoms with E-state index >= 15 is 0 Å². The van der Waals surface area contributed by atoms with E-state index in [1.807, 2.05) is 30.3 Å². The molecule has 0 aliphatic rings. The van der Waals surface area contributed by atoms with Crippen LogP contribution in [0.15, 0.2) is 54.6 Å². The Hall–Kier alpha value is -2.75. The van der Waals surface area contributed by atoms with Crippen molar-refractivity contribution < 1.29 is 20.1 Å². The average molecular weight is 528 g/mol. The third-order valence-corrected chi connectivity index (χ3v) is 5.31. The summed E-state index contributed by atoms with van der Waals surface area (Å²) in [5.74, 6) is 0.890. The van der Waals surface area contributed by atoms with Crippen LogP contribution in [0.3, 0.4) is 0 Å². The van der Waals surface area contributed by atoms with E-state index in [1.54, 1.807) is 0 Å². The molecule has 3 heterocycles. The van der Waals surface area contributed by atoms with Gasteiger partial charge in [0.2, 0.25) is 5.78 Å². The van der Waals surface area contributed by atoms with Gasteiger partial charge in [-0.2, -0.15) is 0 Å². The number of hydrogen-bond acceptors (Lipinski definition) is 2. The van der Waals surface area contributed by atoms with E-state index in [0.29, 0.717) is 0 Å². The van der Waals surface area contributed by atoms with E-state index in [2.05, 4.69) is 53.0 Å². The van der Waals surface area contributed by atoms with Gasteiger partial charge in [-0.25, -0.2) is 4.98 Å². The van der Waals surface area contributed by atoms with Crippen molar-refractivity contribution in [2.24, 2.45) is 0 Å². The van der Waals surface area contributed by atoms with Crippen LogP contribution < -0.4 is 0 Å². The number of para-hydroxylation sites is 2. The van der Waals surface area contributed by atoms with Crippen molar-refractivity contribution in [3.63, 3.8) is 0 Å². The van der Waals surface area contributed by atoms with Crippen LogP contribution in [-0.2, 0) is 20.1 Å². The molecule has 0 amide bonds. The first-order chi connectivity index (χ1) is 12.7. The van der Waals surface area contributed by atoms with Gasteiger partial charge in [-0.1, -0.05) is 17.5 Å². The van der Waals surface area contributed by atoms with Crippen molar-refractivity contribution in [1.82, 2.24) is 18.8 Å². The van der Waals surface area contributed by atoms with Crippen LogP contribution in [0.2, 0.25) is 0 Å². The monoisotopic (exact) mass is 528 g/mol. The Morgan fingerprint density at radius 3 is 2.44 bits per heavy atom. The fraction of sp³-hybridized carbons (Fsp3) is 0.0909. The van der Waals surface area contributed by atoms with E-state index < -0.39 is 0 Å². The van der Waals surface area contributed by atoms with Crippen LogP contribution in [0.5, 0.6) is 0 Å². The molecular weight excluding hydrogens is 512 g/mol. The zero-order valence-electron chi connectivity index (χ0n) is 14.8. The van der Waals surface area contributed by atoms with Gasteiger partial charge in [-0.15, -0.1) is 24.3 Å². The molecule has 4 nitrogen and oxygen atoms in total. The summed E-state index contributed by atoms with van der Waals surface area (Å²) in [6.45, 7) is 4.28. The topological polar surface area (TPSA) is 34.6 Å². The zero-order chi connectivity index (χ0) is 17.4. The number of aryl methyl sites for hydroxylation is 2. The zero-order valence-corrected chi connectivity index (χ0v) is 17.2. The summed E-state index contributed by atoms with van der Waals surface area (Å²) in [7, 11) is 0. The first-order valence-corrected chi connectivity index (χ1v) is 8.71. The normalized spacial score (nSPS) is 11.8. The van der Waals surface area contributed by atoms with Crippen LogP contribution in [0.4, 0.5) is 0 Å². The Balaban J connectivity index is 0.00000160. The van der Waals surface area contributed by atoms with E-state index in [0.717, 1.165) is 44.4 Å². The summed E-state index contributed by atoms with van der Waals surface area (Å²) >= 11 is 0. The molecule has 0 fully saturated rings. The fourth-order valence-electron chi connectivity index (χ4n) is 3.90. The van der Waals surface area contributed by atoms with Crippen LogP contribution in [0, 0.1) is 19.9 Å². The molecule has 0 bridgehead atoms. The van der Waals surface area contributed by atoms with Gasteiger partial charge in [0.15, 0.2) is 0 Å². The third-order valence-electron chi connectivity index (χ3n) is 5.31. The fourth-order valence-corrected chi connectivity index (χ4v) is 3.90. The third kappa shape index (κ3) is 2.07.